The summed E-state index contributed by atoms with van der Waals surface area (Å²) in [6.07, 6.45) is 4.85. The molecule has 5 rings (SSSR count). The summed E-state index contributed by atoms with van der Waals surface area (Å²) < 4.78 is 12.1. The molecule has 3 aromatic rings. The van der Waals surface area contributed by atoms with E-state index in [9.17, 15) is 9.59 Å². The molecule has 0 saturated carbocycles. The van der Waals surface area contributed by atoms with Crippen molar-refractivity contribution in [1.29, 1.82) is 0 Å². The smallest absolute Gasteiger partial charge is 0.318 e. The minimum Gasteiger partial charge on any atom is -0.480 e. The first-order chi connectivity index (χ1) is 16.6. The zero-order valence-electron chi connectivity index (χ0n) is 18.9. The Labute approximate surface area is 195 Å². The zero-order chi connectivity index (χ0) is 23.5. The van der Waals surface area contributed by atoms with Crippen LogP contribution in [0.15, 0.2) is 29.3 Å². The lowest BCUT2D eigenvalue weighted by molar-refractivity contribution is -0.118. The summed E-state index contributed by atoms with van der Waals surface area (Å²) in [4.78, 5) is 43.3. The van der Waals surface area contributed by atoms with Gasteiger partial charge in [0.15, 0.2) is 23.8 Å². The normalized spacial score (nSPS) is 16.7. The highest BCUT2D eigenvalue weighted by Gasteiger charge is 2.21. The van der Waals surface area contributed by atoms with Crippen LogP contribution in [0.25, 0.3) is 11.2 Å². The SMILES string of the molecule is COc1ncc2ncc(=O)n(CCN3CCC(NCc4ccc5c(n4)NC(=O)CO5)CC3)c2n1. The van der Waals surface area contributed by atoms with Crippen LogP contribution in [0.4, 0.5) is 5.82 Å². The lowest BCUT2D eigenvalue weighted by Gasteiger charge is -2.32. The van der Waals surface area contributed by atoms with Gasteiger partial charge in [0, 0.05) is 25.7 Å². The van der Waals surface area contributed by atoms with Gasteiger partial charge in [-0.3, -0.25) is 14.2 Å². The number of anilines is 1. The number of carbonyl (C=O) groups is 1. The van der Waals surface area contributed by atoms with Crippen LogP contribution in [-0.2, 0) is 17.9 Å². The molecule has 0 unspecified atom stereocenters. The monoisotopic (exact) mass is 466 g/mol. The molecule has 34 heavy (non-hydrogen) atoms. The van der Waals surface area contributed by atoms with Crippen molar-refractivity contribution in [1.82, 2.24) is 34.7 Å². The van der Waals surface area contributed by atoms with E-state index in [1.165, 1.54) is 13.3 Å². The van der Waals surface area contributed by atoms with Gasteiger partial charge in [0.1, 0.15) is 5.52 Å². The second kappa shape index (κ2) is 9.69. The van der Waals surface area contributed by atoms with E-state index in [1.807, 2.05) is 12.1 Å². The third-order valence-electron chi connectivity index (χ3n) is 6.08. The highest BCUT2D eigenvalue weighted by atomic mass is 16.5. The molecular formula is C22H26N8O4. The number of fused-ring (bicyclic) bond motifs is 2. The lowest BCUT2D eigenvalue weighted by atomic mass is 10.0. The number of pyridine rings is 1. The predicted octanol–water partition coefficient (Wildman–Crippen LogP) is 0.175. The number of nitrogens with zero attached hydrogens (tertiary/aromatic N) is 6. The van der Waals surface area contributed by atoms with Gasteiger partial charge in [0.2, 0.25) is 0 Å². The van der Waals surface area contributed by atoms with Crippen molar-refractivity contribution in [3.8, 4) is 11.8 Å². The number of methoxy groups -OCH3 is 1. The van der Waals surface area contributed by atoms with Gasteiger partial charge in [-0.25, -0.2) is 15.0 Å². The quantitative estimate of drug-likeness (QED) is 0.496. The molecule has 0 radical (unpaired) electrons. The maximum Gasteiger partial charge on any atom is 0.318 e. The van der Waals surface area contributed by atoms with Crippen molar-refractivity contribution in [3.63, 3.8) is 0 Å². The first-order valence-corrected chi connectivity index (χ1v) is 11.2. The molecule has 1 saturated heterocycles. The average Bonchev–Trinajstić information content (AvgIpc) is 2.87. The molecule has 0 bridgehead atoms. The first-order valence-electron chi connectivity index (χ1n) is 11.2. The van der Waals surface area contributed by atoms with Gasteiger partial charge in [-0.05, 0) is 38.1 Å². The maximum absolute atomic E-state index is 12.4. The number of carbonyl (C=O) groups excluding carboxylic acids is 1. The molecule has 0 spiro atoms. The van der Waals surface area contributed by atoms with Crippen LogP contribution in [0, 0.1) is 0 Å². The Morgan fingerprint density at radius 1 is 1.15 bits per heavy atom. The molecule has 2 aliphatic heterocycles. The number of ether oxygens (including phenoxy) is 2. The summed E-state index contributed by atoms with van der Waals surface area (Å²) in [5.41, 5.74) is 1.71. The van der Waals surface area contributed by atoms with Gasteiger partial charge in [-0.1, -0.05) is 0 Å². The summed E-state index contributed by atoms with van der Waals surface area (Å²) >= 11 is 0. The number of aromatic nitrogens is 5. The zero-order valence-corrected chi connectivity index (χ0v) is 18.9. The summed E-state index contributed by atoms with van der Waals surface area (Å²) in [5, 5.41) is 6.30. The highest BCUT2D eigenvalue weighted by molar-refractivity contribution is 5.94. The number of hydrogen-bond acceptors (Lipinski definition) is 10. The molecule has 0 atom stereocenters. The number of likely N-dealkylation sites (tertiary alicyclic amines) is 1. The predicted molar refractivity (Wildman–Crippen MR) is 123 cm³/mol. The third-order valence-corrected chi connectivity index (χ3v) is 6.08. The van der Waals surface area contributed by atoms with Gasteiger partial charge in [0.05, 0.1) is 25.2 Å². The fraction of sp³-hybridized carbons (Fsp3) is 0.455. The van der Waals surface area contributed by atoms with Crippen LogP contribution in [0.2, 0.25) is 0 Å². The Kier molecular flexibility index (Phi) is 6.32. The Hall–Kier alpha value is -3.64. The number of hydrogen-bond donors (Lipinski definition) is 2. The van der Waals surface area contributed by atoms with Crippen LogP contribution >= 0.6 is 0 Å². The number of rotatable bonds is 7. The maximum atomic E-state index is 12.4. The van der Waals surface area contributed by atoms with Crippen molar-refractivity contribution < 1.29 is 14.3 Å². The van der Waals surface area contributed by atoms with Gasteiger partial charge < -0.3 is 25.0 Å². The molecule has 3 aromatic heterocycles. The lowest BCUT2D eigenvalue weighted by Crippen LogP contribution is -2.43. The Morgan fingerprint density at radius 3 is 2.82 bits per heavy atom. The third kappa shape index (κ3) is 4.82. The van der Waals surface area contributed by atoms with Gasteiger partial charge in [0.25, 0.3) is 11.5 Å². The number of nitrogens with one attached hydrogen (secondary N) is 2. The Bertz CT molecular complexity index is 1260. The van der Waals surface area contributed by atoms with E-state index < -0.39 is 0 Å². The summed E-state index contributed by atoms with van der Waals surface area (Å²) in [6.45, 7) is 3.75. The highest BCUT2D eigenvalue weighted by Crippen LogP contribution is 2.25. The van der Waals surface area contributed by atoms with Crippen LogP contribution < -0.4 is 25.7 Å². The minimum atomic E-state index is -0.191. The Balaban J connectivity index is 1.13. The molecule has 2 aliphatic rings. The minimum absolute atomic E-state index is 0.0266. The van der Waals surface area contributed by atoms with E-state index in [0.717, 1.165) is 38.2 Å². The van der Waals surface area contributed by atoms with E-state index >= 15 is 0 Å². The second-order valence-electron chi connectivity index (χ2n) is 8.30. The molecule has 0 aromatic carbocycles. The molecule has 1 amide bonds. The van der Waals surface area contributed by atoms with Crippen LogP contribution in [0.1, 0.15) is 18.5 Å². The molecule has 2 N–H and O–H groups in total. The van der Waals surface area contributed by atoms with Gasteiger partial charge in [-0.15, -0.1) is 0 Å². The second-order valence-corrected chi connectivity index (χ2v) is 8.30. The first kappa shape index (κ1) is 22.2. The van der Waals surface area contributed by atoms with Crippen molar-refractivity contribution in [2.24, 2.45) is 0 Å². The van der Waals surface area contributed by atoms with Crippen molar-refractivity contribution in [2.45, 2.75) is 32.0 Å². The van der Waals surface area contributed by atoms with E-state index in [-0.39, 0.29) is 24.1 Å². The Morgan fingerprint density at radius 2 is 2.00 bits per heavy atom. The van der Waals surface area contributed by atoms with E-state index in [0.29, 0.717) is 41.9 Å². The number of piperidine rings is 1. The standard InChI is InChI=1S/C22H26N8O4/c1-33-22-25-11-16-21(28-22)30(19(32)12-24-16)9-8-29-6-4-14(5-7-29)23-10-15-2-3-17-20(26-15)27-18(31)13-34-17/h2-3,11-12,14,23H,4-10,13H2,1H3,(H,26,27,31). The van der Waals surface area contributed by atoms with Crippen LogP contribution in [0.3, 0.4) is 0 Å². The number of amides is 1. The molecular weight excluding hydrogens is 440 g/mol. The van der Waals surface area contributed by atoms with E-state index in [1.54, 1.807) is 10.8 Å². The molecule has 1 fully saturated rings. The van der Waals surface area contributed by atoms with Crippen molar-refractivity contribution >= 4 is 22.9 Å². The summed E-state index contributed by atoms with van der Waals surface area (Å²) in [6, 6.07) is 4.34. The van der Waals surface area contributed by atoms with Gasteiger partial charge >= 0.3 is 6.01 Å². The van der Waals surface area contributed by atoms with Crippen LogP contribution in [-0.4, -0.2) is 74.7 Å². The van der Waals surface area contributed by atoms with E-state index in [2.05, 4.69) is 35.5 Å². The molecule has 5 heterocycles. The average molecular weight is 467 g/mol. The van der Waals surface area contributed by atoms with Crippen LogP contribution in [0.5, 0.6) is 11.8 Å². The molecule has 0 aliphatic carbocycles. The molecule has 12 heteroatoms. The van der Waals surface area contributed by atoms with Gasteiger partial charge in [-0.2, -0.15) is 4.98 Å². The molecule has 178 valence electrons. The van der Waals surface area contributed by atoms with Crippen molar-refractivity contribution in [2.75, 3.05) is 38.7 Å². The fourth-order valence-corrected chi connectivity index (χ4v) is 4.21. The topological polar surface area (TPSA) is 136 Å². The van der Waals surface area contributed by atoms with Crippen molar-refractivity contribution in [3.05, 3.63) is 40.6 Å². The van der Waals surface area contributed by atoms with E-state index in [4.69, 9.17) is 9.47 Å². The summed E-state index contributed by atoms with van der Waals surface area (Å²) in [5.74, 6) is 0.890. The largest absolute Gasteiger partial charge is 0.480 e. The molecule has 12 nitrogen and oxygen atoms in total. The fourth-order valence-electron chi connectivity index (χ4n) is 4.21. The summed E-state index contributed by atoms with van der Waals surface area (Å²) in [7, 11) is 1.49.